The lowest BCUT2D eigenvalue weighted by molar-refractivity contribution is 0.942. The van der Waals surface area contributed by atoms with Crippen LogP contribution in [0.2, 0.25) is 0 Å². The van der Waals surface area contributed by atoms with Gasteiger partial charge in [0, 0.05) is 30.5 Å². The first-order chi connectivity index (χ1) is 9.38. The van der Waals surface area contributed by atoms with E-state index in [-0.39, 0.29) is 0 Å². The van der Waals surface area contributed by atoms with Gasteiger partial charge >= 0.3 is 0 Å². The van der Waals surface area contributed by atoms with Crippen LogP contribution in [0.4, 0.5) is 11.6 Å². The van der Waals surface area contributed by atoms with Crippen molar-refractivity contribution in [3.05, 3.63) is 36.0 Å². The smallest absolute Gasteiger partial charge is 0.223 e. The average Bonchev–Trinajstić information content (AvgIpc) is 2.64. The van der Waals surface area contributed by atoms with E-state index in [0.29, 0.717) is 0 Å². The van der Waals surface area contributed by atoms with Crippen molar-refractivity contribution in [3.8, 4) is 11.3 Å². The van der Waals surface area contributed by atoms with Gasteiger partial charge in [-0.25, -0.2) is 9.97 Å². The van der Waals surface area contributed by atoms with Gasteiger partial charge < -0.3 is 10.6 Å². The number of rotatable bonds is 3. The maximum Gasteiger partial charge on any atom is 0.223 e. The van der Waals surface area contributed by atoms with E-state index in [1.54, 1.807) is 0 Å². The predicted molar refractivity (Wildman–Crippen MR) is 78.4 cm³/mol. The highest BCUT2D eigenvalue weighted by Gasteiger charge is 2.15. The fraction of sp³-hybridized carbons (Fsp3) is 0.333. The molecule has 19 heavy (non-hydrogen) atoms. The zero-order valence-electron chi connectivity index (χ0n) is 11.1. The van der Waals surface area contributed by atoms with E-state index in [2.05, 4.69) is 45.7 Å². The summed E-state index contributed by atoms with van der Waals surface area (Å²) in [6.07, 6.45) is 3.97. The number of fused-ring (bicyclic) bond motifs is 3. The van der Waals surface area contributed by atoms with E-state index in [0.717, 1.165) is 48.8 Å². The highest BCUT2D eigenvalue weighted by atomic mass is 15.1. The molecule has 2 aromatic rings. The van der Waals surface area contributed by atoms with Crippen molar-refractivity contribution in [2.75, 3.05) is 23.7 Å². The Morgan fingerprint density at radius 2 is 2.21 bits per heavy atom. The van der Waals surface area contributed by atoms with E-state index < -0.39 is 0 Å². The standard InChI is InChI=1S/C15H18N4/c1-2-8-17-15-18-10-11-7-9-16-13-6-4-3-5-12(13)14(11)19-15/h3-6,10,16H,2,7-9H2,1H3,(H,17,18,19). The highest BCUT2D eigenvalue weighted by Crippen LogP contribution is 2.31. The molecule has 0 spiro atoms. The Labute approximate surface area is 113 Å². The zero-order valence-corrected chi connectivity index (χ0v) is 11.1. The number of benzene rings is 1. The molecule has 98 valence electrons. The minimum absolute atomic E-state index is 0.720. The van der Waals surface area contributed by atoms with E-state index in [1.165, 1.54) is 5.56 Å². The molecular weight excluding hydrogens is 236 g/mol. The number of aromatic nitrogens is 2. The first kappa shape index (κ1) is 12.0. The molecule has 0 aliphatic carbocycles. The molecule has 0 saturated carbocycles. The molecule has 2 heterocycles. The van der Waals surface area contributed by atoms with Crippen LogP contribution in [0.3, 0.4) is 0 Å². The van der Waals surface area contributed by atoms with Crippen molar-refractivity contribution >= 4 is 11.6 Å². The van der Waals surface area contributed by atoms with Gasteiger partial charge in [-0.05, 0) is 24.5 Å². The number of para-hydroxylation sites is 1. The van der Waals surface area contributed by atoms with Crippen LogP contribution >= 0.6 is 0 Å². The van der Waals surface area contributed by atoms with Gasteiger partial charge in [-0.3, -0.25) is 0 Å². The van der Waals surface area contributed by atoms with Crippen molar-refractivity contribution < 1.29 is 0 Å². The Balaban J connectivity index is 2.05. The van der Waals surface area contributed by atoms with Crippen molar-refractivity contribution in [2.24, 2.45) is 0 Å². The van der Waals surface area contributed by atoms with Crippen LogP contribution in [0, 0.1) is 0 Å². The Morgan fingerprint density at radius 1 is 1.32 bits per heavy atom. The zero-order chi connectivity index (χ0) is 13.1. The van der Waals surface area contributed by atoms with Gasteiger partial charge in [-0.1, -0.05) is 25.1 Å². The summed E-state index contributed by atoms with van der Waals surface area (Å²) < 4.78 is 0. The van der Waals surface area contributed by atoms with Crippen LogP contribution in [-0.2, 0) is 6.42 Å². The Hall–Kier alpha value is -2.10. The number of nitrogens with zero attached hydrogens (tertiary/aromatic N) is 2. The van der Waals surface area contributed by atoms with Crippen LogP contribution in [0.25, 0.3) is 11.3 Å². The third-order valence-corrected chi connectivity index (χ3v) is 3.29. The van der Waals surface area contributed by atoms with Gasteiger partial charge in [0.25, 0.3) is 0 Å². The van der Waals surface area contributed by atoms with Gasteiger partial charge in [-0.2, -0.15) is 0 Å². The third kappa shape index (κ3) is 2.38. The first-order valence-electron chi connectivity index (χ1n) is 6.81. The predicted octanol–water partition coefficient (Wildman–Crippen LogP) is 2.93. The second kappa shape index (κ2) is 5.26. The van der Waals surface area contributed by atoms with Crippen molar-refractivity contribution in [1.82, 2.24) is 9.97 Å². The maximum absolute atomic E-state index is 4.69. The van der Waals surface area contributed by atoms with E-state index >= 15 is 0 Å². The lowest BCUT2D eigenvalue weighted by atomic mass is 10.1. The molecule has 4 heteroatoms. The SMILES string of the molecule is CCCNc1ncc2c(n1)-c1ccccc1NCC2. The maximum atomic E-state index is 4.69. The summed E-state index contributed by atoms with van der Waals surface area (Å²) in [5.74, 6) is 0.720. The number of hydrogen-bond donors (Lipinski definition) is 2. The van der Waals surface area contributed by atoms with Gasteiger partial charge in [0.05, 0.1) is 5.69 Å². The monoisotopic (exact) mass is 254 g/mol. The first-order valence-corrected chi connectivity index (χ1v) is 6.81. The highest BCUT2D eigenvalue weighted by molar-refractivity contribution is 5.78. The number of hydrogen-bond acceptors (Lipinski definition) is 4. The summed E-state index contributed by atoms with van der Waals surface area (Å²) in [5, 5.41) is 6.70. The molecule has 1 aromatic carbocycles. The fourth-order valence-electron chi connectivity index (χ4n) is 2.32. The van der Waals surface area contributed by atoms with E-state index in [4.69, 9.17) is 0 Å². The Morgan fingerprint density at radius 3 is 3.11 bits per heavy atom. The van der Waals surface area contributed by atoms with Gasteiger partial charge in [-0.15, -0.1) is 0 Å². The number of anilines is 2. The molecule has 0 fully saturated rings. The summed E-state index contributed by atoms with van der Waals surface area (Å²) in [6, 6.07) is 8.32. The topological polar surface area (TPSA) is 49.8 Å². The molecule has 2 N–H and O–H groups in total. The summed E-state index contributed by atoms with van der Waals surface area (Å²) >= 11 is 0. The van der Waals surface area contributed by atoms with Gasteiger partial charge in [0.1, 0.15) is 0 Å². The molecule has 0 unspecified atom stereocenters. The lowest BCUT2D eigenvalue weighted by Crippen LogP contribution is -2.06. The molecule has 0 saturated heterocycles. The fourth-order valence-corrected chi connectivity index (χ4v) is 2.32. The molecule has 1 aliphatic heterocycles. The summed E-state index contributed by atoms with van der Waals surface area (Å²) in [4.78, 5) is 9.08. The molecule has 0 amide bonds. The molecule has 4 nitrogen and oxygen atoms in total. The summed E-state index contributed by atoms with van der Waals surface area (Å²) in [5.41, 5.74) is 4.58. The van der Waals surface area contributed by atoms with Gasteiger partial charge in [0.15, 0.2) is 0 Å². The largest absolute Gasteiger partial charge is 0.384 e. The van der Waals surface area contributed by atoms with Crippen LogP contribution in [-0.4, -0.2) is 23.1 Å². The van der Waals surface area contributed by atoms with Crippen molar-refractivity contribution in [2.45, 2.75) is 19.8 Å². The van der Waals surface area contributed by atoms with Crippen molar-refractivity contribution in [1.29, 1.82) is 0 Å². The van der Waals surface area contributed by atoms with E-state index in [1.807, 2.05) is 12.3 Å². The van der Waals surface area contributed by atoms with Gasteiger partial charge in [0.2, 0.25) is 5.95 Å². The normalized spacial score (nSPS) is 12.9. The molecule has 1 aromatic heterocycles. The summed E-state index contributed by atoms with van der Waals surface area (Å²) in [7, 11) is 0. The Kier molecular flexibility index (Phi) is 3.31. The average molecular weight is 254 g/mol. The van der Waals surface area contributed by atoms with Crippen molar-refractivity contribution in [3.63, 3.8) is 0 Å². The second-order valence-electron chi connectivity index (χ2n) is 4.72. The quantitative estimate of drug-likeness (QED) is 0.884. The molecule has 1 aliphatic rings. The third-order valence-electron chi connectivity index (χ3n) is 3.29. The van der Waals surface area contributed by atoms with Crippen LogP contribution in [0.1, 0.15) is 18.9 Å². The minimum Gasteiger partial charge on any atom is -0.384 e. The molecule has 0 bridgehead atoms. The molecule has 3 rings (SSSR count). The molecule has 0 radical (unpaired) electrons. The van der Waals surface area contributed by atoms with E-state index in [9.17, 15) is 0 Å². The van der Waals surface area contributed by atoms with Crippen LogP contribution < -0.4 is 10.6 Å². The second-order valence-corrected chi connectivity index (χ2v) is 4.72. The lowest BCUT2D eigenvalue weighted by Gasteiger charge is -2.10. The molecule has 0 atom stereocenters. The Bertz CT molecular complexity index is 580. The van der Waals surface area contributed by atoms with Crippen LogP contribution in [0.15, 0.2) is 30.5 Å². The molecular formula is C15H18N4. The number of nitrogens with one attached hydrogen (secondary N) is 2. The minimum atomic E-state index is 0.720. The van der Waals surface area contributed by atoms with Crippen LogP contribution in [0.5, 0.6) is 0 Å². The summed E-state index contributed by atoms with van der Waals surface area (Å²) in [6.45, 7) is 3.96.